The molecule has 176 valence electrons. The van der Waals surface area contributed by atoms with E-state index >= 15 is 0 Å². The number of piperazine rings is 1. The smallest absolute Gasteiger partial charge is 0.262 e. The average Bonchev–Trinajstić information content (AvgIpc) is 3.24. The van der Waals surface area contributed by atoms with E-state index in [2.05, 4.69) is 17.0 Å². The molecule has 1 fully saturated rings. The Morgan fingerprint density at radius 3 is 2.56 bits per heavy atom. The highest BCUT2D eigenvalue weighted by Crippen LogP contribution is 2.33. The monoisotopic (exact) mass is 477 g/mol. The Morgan fingerprint density at radius 1 is 1.03 bits per heavy atom. The van der Waals surface area contributed by atoms with Crippen LogP contribution < -0.4 is 4.90 Å². The maximum absolute atomic E-state index is 14.0. The summed E-state index contributed by atoms with van der Waals surface area (Å²) in [6.45, 7) is 4.92. The fraction of sp³-hybridized carbons (Fsp3) is 0.346. The molecule has 2 aliphatic heterocycles. The van der Waals surface area contributed by atoms with Gasteiger partial charge in [0.05, 0.1) is 23.1 Å². The fourth-order valence-corrected chi connectivity index (χ4v) is 5.07. The molecular weight excluding hydrogens is 450 g/mol. The topological polar surface area (TPSA) is 61.7 Å². The zero-order valence-electron chi connectivity index (χ0n) is 19.4. The van der Waals surface area contributed by atoms with Crippen LogP contribution in [0.2, 0.25) is 5.02 Å². The first-order chi connectivity index (χ1) is 16.4. The number of rotatable bonds is 3. The summed E-state index contributed by atoms with van der Waals surface area (Å²) in [5.74, 6) is -0.179. The SMILES string of the molecule is Cc1c(C(=O)N2c3ccccc3CCC2C(=O)N2CCN(C)CC2)cnn1-c1cccc(Cl)c1. The average molecular weight is 478 g/mol. The molecule has 0 N–H and O–H groups in total. The van der Waals surface area contributed by atoms with Crippen molar-refractivity contribution in [3.8, 4) is 5.69 Å². The lowest BCUT2D eigenvalue weighted by molar-refractivity contribution is -0.134. The first-order valence-corrected chi connectivity index (χ1v) is 12.0. The van der Waals surface area contributed by atoms with Crippen LogP contribution in [0.25, 0.3) is 5.69 Å². The number of para-hydroxylation sites is 1. The lowest BCUT2D eigenvalue weighted by atomic mass is 9.93. The summed E-state index contributed by atoms with van der Waals surface area (Å²) in [7, 11) is 2.06. The third-order valence-corrected chi connectivity index (χ3v) is 7.10. The zero-order chi connectivity index (χ0) is 23.8. The van der Waals surface area contributed by atoms with Gasteiger partial charge in [-0.1, -0.05) is 35.9 Å². The molecule has 34 heavy (non-hydrogen) atoms. The molecule has 1 saturated heterocycles. The van der Waals surface area contributed by atoms with E-state index < -0.39 is 6.04 Å². The maximum atomic E-state index is 14.0. The van der Waals surface area contributed by atoms with Crippen LogP contribution in [0.5, 0.6) is 0 Å². The van der Waals surface area contributed by atoms with Gasteiger partial charge in [0, 0.05) is 36.9 Å². The lowest BCUT2D eigenvalue weighted by Crippen LogP contribution is -2.57. The highest BCUT2D eigenvalue weighted by molar-refractivity contribution is 6.30. The largest absolute Gasteiger partial charge is 0.338 e. The lowest BCUT2D eigenvalue weighted by Gasteiger charge is -2.40. The molecule has 8 heteroatoms. The van der Waals surface area contributed by atoms with Crippen LogP contribution in [0.15, 0.2) is 54.7 Å². The van der Waals surface area contributed by atoms with Crippen LogP contribution in [0, 0.1) is 6.92 Å². The molecule has 3 aromatic rings. The molecule has 2 amide bonds. The van der Waals surface area contributed by atoms with Crippen molar-refractivity contribution in [2.75, 3.05) is 38.1 Å². The summed E-state index contributed by atoms with van der Waals surface area (Å²) in [4.78, 5) is 33.5. The molecule has 0 aliphatic carbocycles. The Hall–Kier alpha value is -3.16. The van der Waals surface area contributed by atoms with Gasteiger partial charge < -0.3 is 9.80 Å². The second-order valence-electron chi connectivity index (χ2n) is 9.02. The Balaban J connectivity index is 1.51. The number of anilines is 1. The summed E-state index contributed by atoms with van der Waals surface area (Å²) in [5, 5.41) is 5.08. The normalized spacial score (nSPS) is 18.6. The first-order valence-electron chi connectivity index (χ1n) is 11.6. The summed E-state index contributed by atoms with van der Waals surface area (Å²) in [6.07, 6.45) is 2.97. The Kier molecular flexibility index (Phi) is 6.15. The molecule has 7 nitrogen and oxygen atoms in total. The summed E-state index contributed by atoms with van der Waals surface area (Å²) >= 11 is 6.17. The van der Waals surface area contributed by atoms with Gasteiger partial charge in [-0.05, 0) is 56.6 Å². The van der Waals surface area contributed by atoms with E-state index in [4.69, 9.17) is 11.6 Å². The number of amides is 2. The van der Waals surface area contributed by atoms with Crippen molar-refractivity contribution in [3.63, 3.8) is 0 Å². The van der Waals surface area contributed by atoms with Gasteiger partial charge in [0.25, 0.3) is 5.91 Å². The molecule has 5 rings (SSSR count). The molecular formula is C26H28ClN5O2. The number of likely N-dealkylation sites (N-methyl/N-ethyl adjacent to an activating group) is 1. The van der Waals surface area contributed by atoms with Gasteiger partial charge in [-0.25, -0.2) is 4.68 Å². The Morgan fingerprint density at radius 2 is 1.79 bits per heavy atom. The van der Waals surface area contributed by atoms with Crippen LogP contribution in [0.3, 0.4) is 0 Å². The molecule has 1 atom stereocenters. The van der Waals surface area contributed by atoms with Crippen molar-refractivity contribution >= 4 is 29.1 Å². The van der Waals surface area contributed by atoms with Crippen LogP contribution in [0.1, 0.15) is 28.0 Å². The second-order valence-corrected chi connectivity index (χ2v) is 9.46. The number of carbonyl (C=O) groups is 2. The highest BCUT2D eigenvalue weighted by atomic mass is 35.5. The molecule has 0 saturated carbocycles. The minimum absolute atomic E-state index is 0.0239. The summed E-state index contributed by atoms with van der Waals surface area (Å²) < 4.78 is 1.71. The predicted molar refractivity (Wildman–Crippen MR) is 133 cm³/mol. The van der Waals surface area contributed by atoms with Crippen LogP contribution in [-0.2, 0) is 11.2 Å². The number of aromatic nitrogens is 2. The second kappa shape index (κ2) is 9.24. The Bertz CT molecular complexity index is 1230. The van der Waals surface area contributed by atoms with E-state index in [0.717, 1.165) is 36.4 Å². The first kappa shape index (κ1) is 22.6. The molecule has 1 unspecified atom stereocenters. The van der Waals surface area contributed by atoms with Crippen molar-refractivity contribution in [1.82, 2.24) is 19.6 Å². The number of hydrogen-bond acceptors (Lipinski definition) is 4. The summed E-state index contributed by atoms with van der Waals surface area (Å²) in [6, 6.07) is 14.7. The van der Waals surface area contributed by atoms with Gasteiger partial charge in [-0.3, -0.25) is 14.5 Å². The van der Waals surface area contributed by atoms with E-state index in [0.29, 0.717) is 35.8 Å². The van der Waals surface area contributed by atoms with Crippen molar-refractivity contribution in [1.29, 1.82) is 0 Å². The predicted octanol–water partition coefficient (Wildman–Crippen LogP) is 3.57. The zero-order valence-corrected chi connectivity index (χ0v) is 20.2. The number of fused-ring (bicyclic) bond motifs is 1. The quantitative estimate of drug-likeness (QED) is 0.578. The number of aryl methyl sites for hydroxylation is 1. The molecule has 2 aromatic carbocycles. The van der Waals surface area contributed by atoms with Gasteiger partial charge in [0.1, 0.15) is 6.04 Å². The van der Waals surface area contributed by atoms with Gasteiger partial charge in [0.15, 0.2) is 0 Å². The molecule has 2 aliphatic rings. The van der Waals surface area contributed by atoms with Gasteiger partial charge >= 0.3 is 0 Å². The molecule has 0 radical (unpaired) electrons. The summed E-state index contributed by atoms with van der Waals surface area (Å²) in [5.41, 5.74) is 3.86. The van der Waals surface area contributed by atoms with Crippen LogP contribution in [-0.4, -0.2) is 70.7 Å². The minimum Gasteiger partial charge on any atom is -0.338 e. The van der Waals surface area contributed by atoms with Crippen molar-refractivity contribution in [2.24, 2.45) is 0 Å². The maximum Gasteiger partial charge on any atom is 0.262 e. The number of carbonyl (C=O) groups excluding carboxylic acids is 2. The van der Waals surface area contributed by atoms with Crippen molar-refractivity contribution in [2.45, 2.75) is 25.8 Å². The third kappa shape index (κ3) is 4.10. The van der Waals surface area contributed by atoms with Crippen LogP contribution in [0.4, 0.5) is 5.69 Å². The molecule has 0 spiro atoms. The number of halogens is 1. The molecule has 1 aromatic heterocycles. The van der Waals surface area contributed by atoms with E-state index in [1.807, 2.05) is 54.3 Å². The fourth-order valence-electron chi connectivity index (χ4n) is 4.89. The van der Waals surface area contributed by atoms with Crippen LogP contribution >= 0.6 is 11.6 Å². The van der Waals surface area contributed by atoms with E-state index in [9.17, 15) is 9.59 Å². The number of hydrogen-bond donors (Lipinski definition) is 0. The minimum atomic E-state index is -0.528. The number of nitrogens with zero attached hydrogens (tertiary/aromatic N) is 5. The van der Waals surface area contributed by atoms with E-state index in [-0.39, 0.29) is 11.8 Å². The number of benzene rings is 2. The van der Waals surface area contributed by atoms with Gasteiger partial charge in [0.2, 0.25) is 5.91 Å². The standard InChI is InChI=1S/C26H28ClN5O2/c1-18-22(17-28-32(18)21-8-5-7-20(27)16-21)25(33)31-23-9-4-3-6-19(23)10-11-24(31)26(34)30-14-12-29(2)13-15-30/h3-9,16-17,24H,10-15H2,1-2H3. The van der Waals surface area contributed by atoms with E-state index in [1.54, 1.807) is 21.8 Å². The third-order valence-electron chi connectivity index (χ3n) is 6.86. The van der Waals surface area contributed by atoms with E-state index in [1.165, 1.54) is 0 Å². The van der Waals surface area contributed by atoms with Crippen molar-refractivity contribution < 1.29 is 9.59 Å². The highest BCUT2D eigenvalue weighted by Gasteiger charge is 2.39. The van der Waals surface area contributed by atoms with Crippen molar-refractivity contribution in [3.05, 3.63) is 76.6 Å². The Labute approximate surface area is 204 Å². The van der Waals surface area contributed by atoms with Gasteiger partial charge in [-0.2, -0.15) is 5.10 Å². The van der Waals surface area contributed by atoms with Gasteiger partial charge in [-0.15, -0.1) is 0 Å². The molecule has 3 heterocycles. The molecule has 0 bridgehead atoms.